The van der Waals surface area contributed by atoms with Gasteiger partial charge in [0.2, 0.25) is 5.28 Å². The highest BCUT2D eigenvalue weighted by atomic mass is 35.5. The van der Waals surface area contributed by atoms with Crippen LogP contribution in [0.2, 0.25) is 5.28 Å². The molecule has 3 heterocycles. The summed E-state index contributed by atoms with van der Waals surface area (Å²) in [5, 5.41) is 7.37. The van der Waals surface area contributed by atoms with E-state index in [9.17, 15) is 13.6 Å². The number of pyridine rings is 1. The predicted octanol–water partition coefficient (Wildman–Crippen LogP) is 5.95. The van der Waals surface area contributed by atoms with Gasteiger partial charge < -0.3 is 5.32 Å². The van der Waals surface area contributed by atoms with E-state index in [1.807, 2.05) is 24.3 Å². The number of carbonyl (C=O) groups excluding carboxylic acids is 1. The van der Waals surface area contributed by atoms with Crippen molar-refractivity contribution in [2.24, 2.45) is 0 Å². The van der Waals surface area contributed by atoms with E-state index in [0.717, 1.165) is 17.1 Å². The van der Waals surface area contributed by atoms with E-state index in [4.69, 9.17) is 11.6 Å². The minimum absolute atomic E-state index is 0.0990. The van der Waals surface area contributed by atoms with Crippen LogP contribution in [0.15, 0.2) is 73.1 Å². The van der Waals surface area contributed by atoms with Crippen LogP contribution in [-0.4, -0.2) is 25.5 Å². The van der Waals surface area contributed by atoms with Crippen LogP contribution in [0.5, 0.6) is 0 Å². The van der Waals surface area contributed by atoms with Gasteiger partial charge in [0, 0.05) is 23.6 Å². The van der Waals surface area contributed by atoms with Crippen molar-refractivity contribution in [3.63, 3.8) is 0 Å². The molecule has 2 aromatic carbocycles. The topological polar surface area (TPSA) is 72.2 Å². The first-order valence-corrected chi connectivity index (χ1v) is 10.6. The second-order valence-corrected chi connectivity index (χ2v) is 7.89. The van der Waals surface area contributed by atoms with Crippen LogP contribution in [0.4, 0.5) is 14.5 Å². The molecule has 0 saturated heterocycles. The smallest absolute Gasteiger partial charge is 0.261 e. The first-order valence-electron chi connectivity index (χ1n) is 10.2. The molecule has 0 spiro atoms. The van der Waals surface area contributed by atoms with Gasteiger partial charge in [-0.3, -0.25) is 4.79 Å². The summed E-state index contributed by atoms with van der Waals surface area (Å²) < 4.78 is 30.3. The van der Waals surface area contributed by atoms with Gasteiger partial charge in [0.25, 0.3) is 5.91 Å². The quantitative estimate of drug-likeness (QED) is 0.326. The van der Waals surface area contributed by atoms with Crippen molar-refractivity contribution in [3.8, 4) is 22.5 Å². The van der Waals surface area contributed by atoms with Crippen LogP contribution in [0.25, 0.3) is 28.0 Å². The maximum Gasteiger partial charge on any atom is 0.261 e. The van der Waals surface area contributed by atoms with E-state index < -0.39 is 23.1 Å². The second-order valence-electron chi connectivity index (χ2n) is 7.55. The summed E-state index contributed by atoms with van der Waals surface area (Å²) in [5.41, 5.74) is 3.25. The minimum Gasteiger partial charge on any atom is -0.322 e. The van der Waals surface area contributed by atoms with Crippen molar-refractivity contribution < 1.29 is 13.6 Å². The molecule has 0 radical (unpaired) electrons. The third-order valence-electron chi connectivity index (χ3n) is 5.33. The van der Waals surface area contributed by atoms with Crippen molar-refractivity contribution in [2.75, 3.05) is 5.32 Å². The number of rotatable bonds is 4. The Morgan fingerprint density at radius 2 is 1.91 bits per heavy atom. The van der Waals surface area contributed by atoms with E-state index in [0.29, 0.717) is 22.6 Å². The Morgan fingerprint density at radius 1 is 1.06 bits per heavy atom. The lowest BCUT2D eigenvalue weighted by atomic mass is 10.0. The number of fused-ring (bicyclic) bond motifs is 1. The average Bonchev–Trinajstić information content (AvgIpc) is 3.22. The van der Waals surface area contributed by atoms with Gasteiger partial charge in [0.1, 0.15) is 22.9 Å². The number of benzene rings is 2. The molecule has 0 aliphatic carbocycles. The van der Waals surface area contributed by atoms with Crippen LogP contribution in [0.1, 0.15) is 15.9 Å². The number of carbonyl (C=O) groups is 1. The molecule has 1 amide bonds. The van der Waals surface area contributed by atoms with Crippen LogP contribution < -0.4 is 5.32 Å². The summed E-state index contributed by atoms with van der Waals surface area (Å²) in [6.45, 7) is 1.47. The molecule has 5 rings (SSSR count). The standard InChI is InChI=1S/C25H16ClF2N5O/c1-14-8-9-17(27)20(22(14)28)24(34)30-16-6-4-5-15(13-16)23-21(18-10-11-29-25(26)31-18)19-7-2-3-12-33(19)32-23/h2-13H,1H3,(H,30,34). The summed E-state index contributed by atoms with van der Waals surface area (Å²) >= 11 is 6.03. The van der Waals surface area contributed by atoms with Gasteiger partial charge in [-0.15, -0.1) is 0 Å². The number of halogens is 3. The maximum absolute atomic E-state index is 14.4. The monoisotopic (exact) mass is 475 g/mol. The number of nitrogens with one attached hydrogen (secondary N) is 1. The zero-order valence-corrected chi connectivity index (χ0v) is 18.5. The fourth-order valence-corrected chi connectivity index (χ4v) is 3.88. The normalized spacial score (nSPS) is 11.1. The molecule has 0 unspecified atom stereocenters. The Balaban J connectivity index is 1.58. The van der Waals surface area contributed by atoms with E-state index >= 15 is 0 Å². The Bertz CT molecular complexity index is 1570. The van der Waals surface area contributed by atoms with Crippen LogP contribution in [0, 0.1) is 18.6 Å². The van der Waals surface area contributed by atoms with Gasteiger partial charge in [0.05, 0.1) is 16.8 Å². The molecule has 0 atom stereocenters. The number of hydrogen-bond acceptors (Lipinski definition) is 4. The predicted molar refractivity (Wildman–Crippen MR) is 126 cm³/mol. The number of aromatic nitrogens is 4. The third kappa shape index (κ3) is 3.88. The number of hydrogen-bond donors (Lipinski definition) is 1. The van der Waals surface area contributed by atoms with Crippen molar-refractivity contribution in [2.45, 2.75) is 6.92 Å². The first kappa shape index (κ1) is 21.7. The summed E-state index contributed by atoms with van der Waals surface area (Å²) in [4.78, 5) is 21.0. The molecule has 0 saturated carbocycles. The zero-order chi connectivity index (χ0) is 23.8. The third-order valence-corrected chi connectivity index (χ3v) is 5.51. The molecule has 0 aliphatic rings. The van der Waals surface area contributed by atoms with E-state index in [-0.39, 0.29) is 10.8 Å². The molecular weight excluding hydrogens is 460 g/mol. The Morgan fingerprint density at radius 3 is 2.74 bits per heavy atom. The minimum atomic E-state index is -0.931. The Hall–Kier alpha value is -4.17. The van der Waals surface area contributed by atoms with Gasteiger partial charge in [-0.25, -0.2) is 23.3 Å². The molecular formula is C25H16ClF2N5O. The molecule has 9 heteroatoms. The summed E-state index contributed by atoms with van der Waals surface area (Å²) in [7, 11) is 0. The first-order chi connectivity index (χ1) is 16.4. The maximum atomic E-state index is 14.4. The van der Waals surface area contributed by atoms with Crippen LogP contribution in [0.3, 0.4) is 0 Å². The molecule has 0 bridgehead atoms. The lowest BCUT2D eigenvalue weighted by molar-refractivity contribution is 0.101. The van der Waals surface area contributed by atoms with Crippen molar-refractivity contribution in [3.05, 3.63) is 101 Å². The number of amides is 1. The Kier molecular flexibility index (Phi) is 5.51. The summed E-state index contributed by atoms with van der Waals surface area (Å²) in [6, 6.07) is 16.6. The lowest BCUT2D eigenvalue weighted by Gasteiger charge is -2.10. The molecule has 5 aromatic rings. The average molecular weight is 476 g/mol. The van der Waals surface area contributed by atoms with Crippen molar-refractivity contribution >= 4 is 28.7 Å². The molecule has 168 valence electrons. The highest BCUT2D eigenvalue weighted by molar-refractivity contribution is 6.28. The molecule has 0 fully saturated rings. The van der Waals surface area contributed by atoms with Crippen LogP contribution >= 0.6 is 11.6 Å². The highest BCUT2D eigenvalue weighted by Crippen LogP contribution is 2.35. The lowest BCUT2D eigenvalue weighted by Crippen LogP contribution is -2.16. The van der Waals surface area contributed by atoms with Crippen molar-refractivity contribution in [1.82, 2.24) is 19.6 Å². The van der Waals surface area contributed by atoms with E-state index in [1.165, 1.54) is 13.0 Å². The van der Waals surface area contributed by atoms with Crippen LogP contribution in [-0.2, 0) is 0 Å². The number of anilines is 1. The van der Waals surface area contributed by atoms with Gasteiger partial charge in [-0.05, 0) is 60.5 Å². The molecule has 0 aliphatic heterocycles. The highest BCUT2D eigenvalue weighted by Gasteiger charge is 2.21. The van der Waals surface area contributed by atoms with Gasteiger partial charge >= 0.3 is 0 Å². The van der Waals surface area contributed by atoms with Crippen molar-refractivity contribution in [1.29, 1.82) is 0 Å². The zero-order valence-electron chi connectivity index (χ0n) is 17.8. The fraction of sp³-hybridized carbons (Fsp3) is 0.0400. The number of nitrogens with zero attached hydrogens (tertiary/aromatic N) is 4. The van der Waals surface area contributed by atoms with E-state index in [1.54, 1.807) is 41.2 Å². The molecule has 34 heavy (non-hydrogen) atoms. The van der Waals surface area contributed by atoms with Gasteiger partial charge in [0.15, 0.2) is 0 Å². The fourth-order valence-electron chi connectivity index (χ4n) is 3.73. The van der Waals surface area contributed by atoms with Gasteiger partial charge in [-0.1, -0.05) is 24.3 Å². The van der Waals surface area contributed by atoms with E-state index in [2.05, 4.69) is 20.4 Å². The Labute approximate surface area is 197 Å². The second kappa shape index (κ2) is 8.64. The summed E-state index contributed by atoms with van der Waals surface area (Å²) in [5.74, 6) is -2.70. The summed E-state index contributed by atoms with van der Waals surface area (Å²) in [6.07, 6.45) is 3.36. The van der Waals surface area contributed by atoms with Gasteiger partial charge in [-0.2, -0.15) is 5.10 Å². The molecule has 6 nitrogen and oxygen atoms in total. The largest absolute Gasteiger partial charge is 0.322 e. The molecule has 3 aromatic heterocycles. The number of aryl methyl sites for hydroxylation is 1. The SMILES string of the molecule is Cc1ccc(F)c(C(=O)Nc2cccc(-c3nn4ccccc4c3-c3ccnc(Cl)n3)c2)c1F. The molecule has 1 N–H and O–H groups in total.